The van der Waals surface area contributed by atoms with Gasteiger partial charge in [-0.3, -0.25) is 0 Å². The summed E-state index contributed by atoms with van der Waals surface area (Å²) in [7, 11) is 1.72. The SMILES string of the molecule is COCCNCC(C)NCc1cc(C)ccc1Br. The van der Waals surface area contributed by atoms with Gasteiger partial charge in [0.15, 0.2) is 0 Å². The molecule has 18 heavy (non-hydrogen) atoms. The van der Waals surface area contributed by atoms with Gasteiger partial charge in [0.2, 0.25) is 0 Å². The predicted molar refractivity (Wildman–Crippen MR) is 79.9 cm³/mol. The molecule has 0 saturated heterocycles. The maximum Gasteiger partial charge on any atom is 0.0587 e. The maximum atomic E-state index is 4.99. The fourth-order valence-electron chi connectivity index (χ4n) is 1.69. The van der Waals surface area contributed by atoms with Gasteiger partial charge in [-0.15, -0.1) is 0 Å². The quantitative estimate of drug-likeness (QED) is 0.723. The molecule has 1 rings (SSSR count). The summed E-state index contributed by atoms with van der Waals surface area (Å²) >= 11 is 3.58. The highest BCUT2D eigenvalue weighted by Crippen LogP contribution is 2.17. The number of benzene rings is 1. The van der Waals surface area contributed by atoms with Crippen molar-refractivity contribution in [2.24, 2.45) is 0 Å². The molecular formula is C14H23BrN2O. The topological polar surface area (TPSA) is 33.3 Å². The Kier molecular flexibility index (Phi) is 7.51. The Morgan fingerprint density at radius 2 is 2.17 bits per heavy atom. The van der Waals surface area contributed by atoms with Crippen LogP contribution in [0.4, 0.5) is 0 Å². The molecular weight excluding hydrogens is 292 g/mol. The molecule has 0 fully saturated rings. The lowest BCUT2D eigenvalue weighted by Crippen LogP contribution is -2.37. The number of methoxy groups -OCH3 is 1. The summed E-state index contributed by atoms with van der Waals surface area (Å²) in [5.74, 6) is 0. The molecule has 0 aliphatic heterocycles. The molecule has 0 aliphatic rings. The van der Waals surface area contributed by atoms with Crippen molar-refractivity contribution in [3.63, 3.8) is 0 Å². The smallest absolute Gasteiger partial charge is 0.0587 e. The Hall–Kier alpha value is -0.420. The highest BCUT2D eigenvalue weighted by molar-refractivity contribution is 9.10. The van der Waals surface area contributed by atoms with Crippen LogP contribution in [-0.4, -0.2) is 32.8 Å². The van der Waals surface area contributed by atoms with E-state index in [0.29, 0.717) is 6.04 Å². The zero-order valence-electron chi connectivity index (χ0n) is 11.4. The number of rotatable bonds is 8. The van der Waals surface area contributed by atoms with Crippen LogP contribution < -0.4 is 10.6 Å². The minimum atomic E-state index is 0.439. The summed E-state index contributed by atoms with van der Waals surface area (Å²) in [4.78, 5) is 0. The lowest BCUT2D eigenvalue weighted by molar-refractivity contribution is 0.198. The summed E-state index contributed by atoms with van der Waals surface area (Å²) in [6, 6.07) is 6.87. The van der Waals surface area contributed by atoms with Gasteiger partial charge in [-0.25, -0.2) is 0 Å². The fraction of sp³-hybridized carbons (Fsp3) is 0.571. The van der Waals surface area contributed by atoms with Crippen molar-refractivity contribution in [3.05, 3.63) is 33.8 Å². The zero-order valence-corrected chi connectivity index (χ0v) is 13.0. The number of nitrogens with one attached hydrogen (secondary N) is 2. The summed E-state index contributed by atoms with van der Waals surface area (Å²) in [6.07, 6.45) is 0. The highest BCUT2D eigenvalue weighted by Gasteiger charge is 2.03. The fourth-order valence-corrected chi connectivity index (χ4v) is 2.07. The average molecular weight is 315 g/mol. The van der Waals surface area contributed by atoms with Crippen molar-refractivity contribution < 1.29 is 4.74 Å². The van der Waals surface area contributed by atoms with Crippen molar-refractivity contribution >= 4 is 15.9 Å². The molecule has 0 aliphatic carbocycles. The van der Waals surface area contributed by atoms with Crippen LogP contribution in [0.25, 0.3) is 0 Å². The van der Waals surface area contributed by atoms with Gasteiger partial charge < -0.3 is 15.4 Å². The number of halogens is 1. The van der Waals surface area contributed by atoms with Crippen LogP contribution >= 0.6 is 15.9 Å². The van der Waals surface area contributed by atoms with Crippen molar-refractivity contribution in [3.8, 4) is 0 Å². The summed E-state index contributed by atoms with van der Waals surface area (Å²) in [5, 5.41) is 6.86. The van der Waals surface area contributed by atoms with E-state index < -0.39 is 0 Å². The Balaban J connectivity index is 2.29. The number of hydrogen-bond donors (Lipinski definition) is 2. The van der Waals surface area contributed by atoms with E-state index in [1.54, 1.807) is 7.11 Å². The Labute approximate surface area is 118 Å². The molecule has 2 N–H and O–H groups in total. The van der Waals surface area contributed by atoms with Crippen LogP contribution in [0.5, 0.6) is 0 Å². The van der Waals surface area contributed by atoms with Crippen LogP contribution in [0.2, 0.25) is 0 Å². The Morgan fingerprint density at radius 3 is 2.89 bits per heavy atom. The molecule has 0 saturated carbocycles. The third-order valence-corrected chi connectivity index (χ3v) is 3.55. The first kappa shape index (κ1) is 15.6. The van der Waals surface area contributed by atoms with E-state index in [-0.39, 0.29) is 0 Å². The maximum absolute atomic E-state index is 4.99. The van der Waals surface area contributed by atoms with Crippen LogP contribution in [0.1, 0.15) is 18.1 Å². The van der Waals surface area contributed by atoms with Crippen molar-refractivity contribution in [1.29, 1.82) is 0 Å². The van der Waals surface area contributed by atoms with Crippen molar-refractivity contribution in [2.45, 2.75) is 26.4 Å². The monoisotopic (exact) mass is 314 g/mol. The van der Waals surface area contributed by atoms with Gasteiger partial charge in [-0.2, -0.15) is 0 Å². The minimum Gasteiger partial charge on any atom is -0.383 e. The third-order valence-electron chi connectivity index (χ3n) is 2.78. The van der Waals surface area contributed by atoms with Crippen LogP contribution in [0, 0.1) is 6.92 Å². The average Bonchev–Trinajstić information content (AvgIpc) is 2.36. The predicted octanol–water partition coefficient (Wildman–Crippen LogP) is 2.47. The summed E-state index contributed by atoms with van der Waals surface area (Å²) < 4.78 is 6.16. The van der Waals surface area contributed by atoms with Crippen molar-refractivity contribution in [1.82, 2.24) is 10.6 Å². The number of ether oxygens (including phenoxy) is 1. The first-order valence-electron chi connectivity index (χ1n) is 6.31. The minimum absolute atomic E-state index is 0.439. The van der Waals surface area contributed by atoms with Gasteiger partial charge in [0.25, 0.3) is 0 Å². The van der Waals surface area contributed by atoms with E-state index >= 15 is 0 Å². The van der Waals surface area contributed by atoms with Gasteiger partial charge in [-0.05, 0) is 25.5 Å². The normalized spacial score (nSPS) is 12.7. The molecule has 0 bridgehead atoms. The van der Waals surface area contributed by atoms with E-state index in [4.69, 9.17) is 4.74 Å². The first-order valence-corrected chi connectivity index (χ1v) is 7.11. The van der Waals surface area contributed by atoms with E-state index in [0.717, 1.165) is 26.2 Å². The van der Waals surface area contributed by atoms with Gasteiger partial charge in [-0.1, -0.05) is 33.6 Å². The summed E-state index contributed by atoms with van der Waals surface area (Å²) in [6.45, 7) is 7.80. The van der Waals surface area contributed by atoms with E-state index in [1.807, 2.05) is 0 Å². The van der Waals surface area contributed by atoms with Crippen molar-refractivity contribution in [2.75, 3.05) is 26.8 Å². The zero-order chi connectivity index (χ0) is 13.4. The molecule has 0 spiro atoms. The summed E-state index contributed by atoms with van der Waals surface area (Å²) in [5.41, 5.74) is 2.60. The molecule has 3 nitrogen and oxygen atoms in total. The van der Waals surface area contributed by atoms with Crippen LogP contribution in [-0.2, 0) is 11.3 Å². The molecule has 0 radical (unpaired) electrons. The second kappa shape index (κ2) is 8.64. The molecule has 0 aromatic heterocycles. The van der Waals surface area contributed by atoms with Crippen LogP contribution in [0.15, 0.2) is 22.7 Å². The number of hydrogen-bond acceptors (Lipinski definition) is 3. The highest BCUT2D eigenvalue weighted by atomic mass is 79.9. The third kappa shape index (κ3) is 5.96. The first-order chi connectivity index (χ1) is 8.63. The molecule has 1 aromatic carbocycles. The molecule has 0 amide bonds. The van der Waals surface area contributed by atoms with E-state index in [1.165, 1.54) is 15.6 Å². The molecule has 1 atom stereocenters. The van der Waals surface area contributed by atoms with E-state index in [9.17, 15) is 0 Å². The lowest BCUT2D eigenvalue weighted by atomic mass is 10.1. The largest absolute Gasteiger partial charge is 0.383 e. The molecule has 102 valence electrons. The van der Waals surface area contributed by atoms with Crippen LogP contribution in [0.3, 0.4) is 0 Å². The second-order valence-electron chi connectivity index (χ2n) is 4.57. The van der Waals surface area contributed by atoms with E-state index in [2.05, 4.69) is 58.6 Å². The van der Waals surface area contributed by atoms with Gasteiger partial charge in [0.05, 0.1) is 6.61 Å². The Morgan fingerprint density at radius 1 is 1.39 bits per heavy atom. The molecule has 1 aromatic rings. The molecule has 0 heterocycles. The standard InChI is InChI=1S/C14H23BrN2O/c1-11-4-5-14(15)13(8-11)10-17-12(2)9-16-6-7-18-3/h4-5,8,12,16-17H,6-7,9-10H2,1-3H3. The van der Waals surface area contributed by atoms with Gasteiger partial charge in [0, 0.05) is 37.3 Å². The number of aryl methyl sites for hydroxylation is 1. The van der Waals surface area contributed by atoms with Gasteiger partial charge >= 0.3 is 0 Å². The lowest BCUT2D eigenvalue weighted by Gasteiger charge is -2.15. The van der Waals surface area contributed by atoms with Gasteiger partial charge in [0.1, 0.15) is 0 Å². The molecule has 1 unspecified atom stereocenters. The molecule has 4 heteroatoms. The second-order valence-corrected chi connectivity index (χ2v) is 5.43. The Bertz CT molecular complexity index is 358.